The van der Waals surface area contributed by atoms with Crippen LogP contribution in [-0.4, -0.2) is 65.0 Å². The highest BCUT2D eigenvalue weighted by molar-refractivity contribution is 7.98. The number of carboxylic acids is 2. The van der Waals surface area contributed by atoms with Gasteiger partial charge in [-0.1, -0.05) is 6.08 Å². The number of Topliss-reactive ketones (excluding diaryl/α,β-unsaturated/α-hetero) is 1. The van der Waals surface area contributed by atoms with E-state index in [9.17, 15) is 14.4 Å². The first-order valence-electron chi connectivity index (χ1n) is 6.40. The van der Waals surface area contributed by atoms with E-state index in [-0.39, 0.29) is 0 Å². The van der Waals surface area contributed by atoms with E-state index in [0.717, 1.165) is 30.8 Å². The SMILES string of the molecule is CSCCC(=O)C1=CCCN(C)C1.O=C(O)C=CC(=O)O. The van der Waals surface area contributed by atoms with Crippen LogP contribution >= 0.6 is 11.8 Å². The third kappa shape index (κ3) is 10.8. The van der Waals surface area contributed by atoms with Crippen LogP contribution in [0.25, 0.3) is 0 Å². The molecule has 118 valence electrons. The van der Waals surface area contributed by atoms with E-state index in [2.05, 4.69) is 18.0 Å². The summed E-state index contributed by atoms with van der Waals surface area (Å²) < 4.78 is 0. The summed E-state index contributed by atoms with van der Waals surface area (Å²) >= 11 is 1.73. The van der Waals surface area contributed by atoms with Crippen LogP contribution in [0.15, 0.2) is 23.8 Å². The lowest BCUT2D eigenvalue weighted by Gasteiger charge is -2.21. The van der Waals surface area contributed by atoms with Gasteiger partial charge in [-0.2, -0.15) is 11.8 Å². The van der Waals surface area contributed by atoms with Crippen molar-refractivity contribution < 1.29 is 24.6 Å². The molecule has 1 heterocycles. The molecule has 0 aliphatic carbocycles. The summed E-state index contributed by atoms with van der Waals surface area (Å²) in [7, 11) is 2.06. The van der Waals surface area contributed by atoms with Gasteiger partial charge in [-0.25, -0.2) is 9.59 Å². The van der Waals surface area contributed by atoms with Gasteiger partial charge in [0, 0.05) is 43.0 Å². The summed E-state index contributed by atoms with van der Waals surface area (Å²) in [5, 5.41) is 15.6. The van der Waals surface area contributed by atoms with E-state index in [1.54, 1.807) is 11.8 Å². The number of ketones is 1. The van der Waals surface area contributed by atoms with Crippen LogP contribution < -0.4 is 0 Å². The zero-order valence-electron chi connectivity index (χ0n) is 12.2. The Hall–Kier alpha value is -1.60. The average Bonchev–Trinajstić information content (AvgIpc) is 2.43. The molecule has 0 unspecified atom stereocenters. The molecule has 6 nitrogen and oxygen atoms in total. The summed E-state index contributed by atoms with van der Waals surface area (Å²) in [5.41, 5.74) is 1.02. The van der Waals surface area contributed by atoms with E-state index in [1.165, 1.54) is 0 Å². The number of likely N-dealkylation sites (N-methyl/N-ethyl adjacent to an activating group) is 1. The molecular formula is C14H21NO5S. The van der Waals surface area contributed by atoms with E-state index >= 15 is 0 Å². The molecule has 0 saturated heterocycles. The Morgan fingerprint density at radius 2 is 1.86 bits per heavy atom. The Morgan fingerprint density at radius 1 is 1.29 bits per heavy atom. The van der Waals surface area contributed by atoms with Crippen LogP contribution in [0.1, 0.15) is 12.8 Å². The van der Waals surface area contributed by atoms with Crippen LogP contribution in [0.2, 0.25) is 0 Å². The summed E-state index contributed by atoms with van der Waals surface area (Å²) in [6.07, 6.45) is 6.97. The quantitative estimate of drug-likeness (QED) is 0.713. The van der Waals surface area contributed by atoms with Gasteiger partial charge in [0.2, 0.25) is 0 Å². The topological polar surface area (TPSA) is 94.9 Å². The van der Waals surface area contributed by atoms with Gasteiger partial charge >= 0.3 is 11.9 Å². The van der Waals surface area contributed by atoms with E-state index in [0.29, 0.717) is 24.4 Å². The maximum absolute atomic E-state index is 11.6. The first kappa shape index (κ1) is 19.4. The van der Waals surface area contributed by atoms with E-state index in [1.807, 2.05) is 6.26 Å². The van der Waals surface area contributed by atoms with Crippen LogP contribution in [0.4, 0.5) is 0 Å². The number of nitrogens with zero attached hydrogens (tertiary/aromatic N) is 1. The van der Waals surface area contributed by atoms with Gasteiger partial charge in [0.15, 0.2) is 5.78 Å². The third-order valence-corrected chi connectivity index (χ3v) is 3.21. The standard InChI is InChI=1S/C10H17NOS.C4H4O4/c1-11-6-3-4-9(8-11)10(12)5-7-13-2;5-3(6)1-2-4(7)8/h4H,3,5-8H2,1-2H3;1-2H,(H,5,6)(H,7,8). The molecule has 21 heavy (non-hydrogen) atoms. The Balaban J connectivity index is 0.000000433. The first-order chi connectivity index (χ1) is 9.86. The lowest BCUT2D eigenvalue weighted by atomic mass is 10.0. The van der Waals surface area contributed by atoms with Crippen molar-refractivity contribution in [2.24, 2.45) is 0 Å². The lowest BCUT2D eigenvalue weighted by molar-refractivity contribution is -0.134. The molecule has 0 atom stereocenters. The Labute approximate surface area is 128 Å². The van der Waals surface area contributed by atoms with Crippen molar-refractivity contribution in [3.63, 3.8) is 0 Å². The highest BCUT2D eigenvalue weighted by Gasteiger charge is 2.14. The number of carbonyl (C=O) groups is 3. The molecule has 0 saturated carbocycles. The molecule has 0 spiro atoms. The zero-order valence-corrected chi connectivity index (χ0v) is 13.1. The first-order valence-corrected chi connectivity index (χ1v) is 7.79. The number of hydrogen-bond acceptors (Lipinski definition) is 5. The molecule has 1 rings (SSSR count). The van der Waals surface area contributed by atoms with Crippen molar-refractivity contribution in [3.8, 4) is 0 Å². The van der Waals surface area contributed by atoms with Crippen LogP contribution in [0.5, 0.6) is 0 Å². The summed E-state index contributed by atoms with van der Waals surface area (Å²) in [4.78, 5) is 32.9. The van der Waals surface area contributed by atoms with Gasteiger partial charge in [0.25, 0.3) is 0 Å². The van der Waals surface area contributed by atoms with E-state index < -0.39 is 11.9 Å². The smallest absolute Gasteiger partial charge is 0.328 e. The molecule has 0 aromatic carbocycles. The highest BCUT2D eigenvalue weighted by atomic mass is 32.2. The number of carboxylic acid groups (broad SMARTS) is 2. The lowest BCUT2D eigenvalue weighted by Crippen LogP contribution is -2.28. The fourth-order valence-electron chi connectivity index (χ4n) is 1.59. The Bertz CT molecular complexity index is 415. The fraction of sp³-hybridized carbons (Fsp3) is 0.500. The Morgan fingerprint density at radius 3 is 2.29 bits per heavy atom. The number of hydrogen-bond donors (Lipinski definition) is 2. The molecule has 0 aromatic heterocycles. The van der Waals surface area contributed by atoms with Gasteiger partial charge in [-0.05, 0) is 19.7 Å². The fourth-order valence-corrected chi connectivity index (χ4v) is 1.98. The van der Waals surface area contributed by atoms with Gasteiger partial charge in [-0.3, -0.25) is 4.79 Å². The van der Waals surface area contributed by atoms with Crippen LogP contribution in [0, 0.1) is 0 Å². The number of rotatable bonds is 6. The monoisotopic (exact) mass is 315 g/mol. The number of carbonyl (C=O) groups excluding carboxylic acids is 1. The highest BCUT2D eigenvalue weighted by Crippen LogP contribution is 2.11. The second-order valence-electron chi connectivity index (χ2n) is 4.43. The predicted octanol–water partition coefficient (Wildman–Crippen LogP) is 1.28. The maximum atomic E-state index is 11.6. The second-order valence-corrected chi connectivity index (χ2v) is 5.42. The van der Waals surface area contributed by atoms with Crippen molar-refractivity contribution in [2.45, 2.75) is 12.8 Å². The number of aliphatic carboxylic acids is 2. The van der Waals surface area contributed by atoms with Crippen molar-refractivity contribution in [2.75, 3.05) is 32.1 Å². The second kappa shape index (κ2) is 11.1. The molecule has 1 aliphatic rings. The Kier molecular flexibility index (Phi) is 10.3. The average molecular weight is 315 g/mol. The normalized spacial score (nSPS) is 15.0. The van der Waals surface area contributed by atoms with Crippen molar-refractivity contribution >= 4 is 29.5 Å². The van der Waals surface area contributed by atoms with Crippen molar-refractivity contribution in [1.29, 1.82) is 0 Å². The van der Waals surface area contributed by atoms with Gasteiger partial charge < -0.3 is 15.1 Å². The zero-order chi connectivity index (χ0) is 16.3. The van der Waals surface area contributed by atoms with Crippen LogP contribution in [-0.2, 0) is 14.4 Å². The van der Waals surface area contributed by atoms with Gasteiger partial charge in [0.05, 0.1) is 0 Å². The minimum absolute atomic E-state index is 0.334. The molecule has 1 aliphatic heterocycles. The van der Waals surface area contributed by atoms with Crippen LogP contribution in [0.3, 0.4) is 0 Å². The molecule has 0 radical (unpaired) electrons. The molecule has 7 heteroatoms. The minimum atomic E-state index is -1.26. The van der Waals surface area contributed by atoms with E-state index in [4.69, 9.17) is 10.2 Å². The molecular weight excluding hydrogens is 294 g/mol. The summed E-state index contributed by atoms with van der Waals surface area (Å²) in [6, 6.07) is 0. The number of thioether (sulfide) groups is 1. The third-order valence-electron chi connectivity index (χ3n) is 2.60. The summed E-state index contributed by atoms with van der Waals surface area (Å²) in [5.74, 6) is -1.24. The van der Waals surface area contributed by atoms with Gasteiger partial charge in [0.1, 0.15) is 0 Å². The predicted molar refractivity (Wildman–Crippen MR) is 82.6 cm³/mol. The molecule has 2 N–H and O–H groups in total. The largest absolute Gasteiger partial charge is 0.478 e. The molecule has 0 aromatic rings. The van der Waals surface area contributed by atoms with Crippen molar-refractivity contribution in [3.05, 3.63) is 23.8 Å². The molecule has 0 fully saturated rings. The minimum Gasteiger partial charge on any atom is -0.478 e. The van der Waals surface area contributed by atoms with Crippen molar-refractivity contribution in [1.82, 2.24) is 4.90 Å². The summed E-state index contributed by atoms with van der Waals surface area (Å²) in [6.45, 7) is 1.92. The molecule has 0 bridgehead atoms. The van der Waals surface area contributed by atoms with Gasteiger partial charge in [-0.15, -0.1) is 0 Å². The maximum Gasteiger partial charge on any atom is 0.328 e. The molecule has 0 amide bonds.